The van der Waals surface area contributed by atoms with Crippen molar-refractivity contribution >= 4 is 11.2 Å². The summed E-state index contributed by atoms with van der Waals surface area (Å²) < 4.78 is 27.2. The molecule has 0 unspecified atom stereocenters. The van der Waals surface area contributed by atoms with Gasteiger partial charge in [-0.2, -0.15) is 0 Å². The first kappa shape index (κ1) is 16.9. The van der Waals surface area contributed by atoms with Crippen molar-refractivity contribution in [3.8, 4) is 0 Å². The van der Waals surface area contributed by atoms with Crippen LogP contribution in [0.3, 0.4) is 0 Å². The normalized spacial score (nSPS) is 22.9. The van der Waals surface area contributed by atoms with Crippen LogP contribution in [0.25, 0.3) is 11.2 Å². The van der Waals surface area contributed by atoms with E-state index in [4.69, 9.17) is 9.47 Å². The Kier molecular flexibility index (Phi) is 4.52. The van der Waals surface area contributed by atoms with E-state index >= 15 is 0 Å². The summed E-state index contributed by atoms with van der Waals surface area (Å²) in [5.41, 5.74) is 0.402. The van der Waals surface area contributed by atoms with Crippen molar-refractivity contribution in [3.05, 3.63) is 58.9 Å². The molecule has 0 saturated carbocycles. The van der Waals surface area contributed by atoms with E-state index in [0.717, 1.165) is 5.56 Å². The van der Waals surface area contributed by atoms with E-state index in [-0.39, 0.29) is 17.7 Å². The molecule has 26 heavy (non-hydrogen) atoms. The Morgan fingerprint density at radius 1 is 1.35 bits per heavy atom. The Labute approximate surface area is 148 Å². The highest BCUT2D eigenvalue weighted by Crippen LogP contribution is 2.38. The largest absolute Gasteiger partial charge is 0.374 e. The minimum absolute atomic E-state index is 0.162. The Bertz CT molecular complexity index is 942. The van der Waals surface area contributed by atoms with Crippen molar-refractivity contribution in [2.45, 2.75) is 31.3 Å². The third-order valence-electron chi connectivity index (χ3n) is 4.63. The molecule has 1 saturated heterocycles. The van der Waals surface area contributed by atoms with Crippen LogP contribution < -0.4 is 5.56 Å². The summed E-state index contributed by atoms with van der Waals surface area (Å²) in [7, 11) is 0. The Balaban J connectivity index is 1.46. The number of ether oxygens (including phenoxy) is 2. The Morgan fingerprint density at radius 3 is 3.00 bits per heavy atom. The predicted octanol–water partition coefficient (Wildman–Crippen LogP) is 2.35. The average molecular weight is 358 g/mol. The van der Waals surface area contributed by atoms with Gasteiger partial charge in [0.15, 0.2) is 11.2 Å². The van der Waals surface area contributed by atoms with E-state index in [9.17, 15) is 9.18 Å². The number of imidazole rings is 1. The zero-order chi connectivity index (χ0) is 18.0. The summed E-state index contributed by atoms with van der Waals surface area (Å²) >= 11 is 0. The fourth-order valence-corrected chi connectivity index (χ4v) is 3.23. The van der Waals surface area contributed by atoms with Crippen molar-refractivity contribution in [1.29, 1.82) is 0 Å². The molecule has 0 spiro atoms. The van der Waals surface area contributed by atoms with Gasteiger partial charge in [0.05, 0.1) is 25.9 Å². The molecule has 136 valence electrons. The molecule has 1 aromatic carbocycles. The molecule has 1 aliphatic rings. The standard InChI is InChI=1S/C18H19FN4O3/c19-9-18(10-25-8-13-4-2-1-3-5-13)7-6-14(26-18)23-12-22-15-16(23)20-11-21-17(15)24/h1-5,11-12,14H,6-10H2,(H,20,21,24)/t14-,18-/m0/s1. The maximum Gasteiger partial charge on any atom is 0.278 e. The molecule has 0 aliphatic carbocycles. The van der Waals surface area contributed by atoms with E-state index in [2.05, 4.69) is 15.0 Å². The molecule has 3 heterocycles. The first-order chi connectivity index (χ1) is 12.7. The molecule has 0 bridgehead atoms. The summed E-state index contributed by atoms with van der Waals surface area (Å²) in [6.45, 7) is -0.0734. The van der Waals surface area contributed by atoms with Crippen LogP contribution in [0.4, 0.5) is 4.39 Å². The van der Waals surface area contributed by atoms with E-state index in [1.54, 1.807) is 4.57 Å². The second kappa shape index (κ2) is 6.97. The lowest BCUT2D eigenvalue weighted by atomic mass is 10.0. The number of H-pyrrole nitrogens is 1. The van der Waals surface area contributed by atoms with E-state index in [0.29, 0.717) is 25.1 Å². The van der Waals surface area contributed by atoms with Crippen molar-refractivity contribution in [2.75, 3.05) is 13.3 Å². The van der Waals surface area contributed by atoms with Crippen LogP contribution in [0, 0.1) is 0 Å². The smallest absolute Gasteiger partial charge is 0.278 e. The third kappa shape index (κ3) is 3.13. The van der Waals surface area contributed by atoms with Crippen LogP contribution in [-0.4, -0.2) is 38.4 Å². The number of hydrogen-bond acceptors (Lipinski definition) is 5. The lowest BCUT2D eigenvalue weighted by molar-refractivity contribution is -0.123. The number of alkyl halides is 1. The monoisotopic (exact) mass is 358 g/mol. The molecule has 1 fully saturated rings. The second-order valence-electron chi connectivity index (χ2n) is 6.46. The topological polar surface area (TPSA) is 82.0 Å². The highest BCUT2D eigenvalue weighted by Gasteiger charge is 2.42. The second-order valence-corrected chi connectivity index (χ2v) is 6.46. The number of aromatic nitrogens is 4. The quantitative estimate of drug-likeness (QED) is 0.731. The van der Waals surface area contributed by atoms with Crippen LogP contribution in [0.1, 0.15) is 24.6 Å². The average Bonchev–Trinajstić information content (AvgIpc) is 3.28. The van der Waals surface area contributed by atoms with Crippen LogP contribution >= 0.6 is 0 Å². The number of fused-ring (bicyclic) bond motifs is 1. The van der Waals surface area contributed by atoms with Gasteiger partial charge < -0.3 is 14.5 Å². The summed E-state index contributed by atoms with van der Waals surface area (Å²) in [6, 6.07) is 9.73. The number of halogens is 1. The molecule has 2 aromatic heterocycles. The summed E-state index contributed by atoms with van der Waals surface area (Å²) in [6.07, 6.45) is 3.52. The Morgan fingerprint density at radius 2 is 2.19 bits per heavy atom. The van der Waals surface area contributed by atoms with Gasteiger partial charge in [-0.3, -0.25) is 9.36 Å². The van der Waals surface area contributed by atoms with Crippen molar-refractivity contribution in [1.82, 2.24) is 19.5 Å². The number of benzene rings is 1. The molecule has 0 radical (unpaired) electrons. The maximum absolute atomic E-state index is 13.8. The molecular formula is C18H19FN4O3. The van der Waals surface area contributed by atoms with Crippen molar-refractivity contribution < 1.29 is 13.9 Å². The minimum Gasteiger partial charge on any atom is -0.374 e. The van der Waals surface area contributed by atoms with Crippen molar-refractivity contribution in [2.24, 2.45) is 0 Å². The molecule has 4 rings (SSSR count). The van der Waals surface area contributed by atoms with Gasteiger partial charge in [-0.15, -0.1) is 0 Å². The molecule has 1 aliphatic heterocycles. The lowest BCUT2D eigenvalue weighted by Crippen LogP contribution is -2.37. The fourth-order valence-electron chi connectivity index (χ4n) is 3.23. The van der Waals surface area contributed by atoms with Gasteiger partial charge in [0.25, 0.3) is 5.56 Å². The molecule has 1 N–H and O–H groups in total. The highest BCUT2D eigenvalue weighted by atomic mass is 19.1. The molecule has 2 atom stereocenters. The van der Waals surface area contributed by atoms with Gasteiger partial charge >= 0.3 is 0 Å². The lowest BCUT2D eigenvalue weighted by Gasteiger charge is -2.26. The van der Waals surface area contributed by atoms with Gasteiger partial charge in [-0.05, 0) is 18.4 Å². The van der Waals surface area contributed by atoms with Crippen LogP contribution in [0.2, 0.25) is 0 Å². The van der Waals surface area contributed by atoms with E-state index in [1.807, 2.05) is 30.3 Å². The maximum atomic E-state index is 13.8. The molecule has 7 nitrogen and oxygen atoms in total. The third-order valence-corrected chi connectivity index (χ3v) is 4.63. The Hall–Kier alpha value is -2.58. The first-order valence-electron chi connectivity index (χ1n) is 8.46. The number of nitrogens with one attached hydrogen (secondary N) is 1. The minimum atomic E-state index is -0.989. The SMILES string of the molecule is O=c1[nH]cnc2c1ncn2[C@@H]1CC[C@](CF)(COCc2ccccc2)O1. The first-order valence-corrected chi connectivity index (χ1v) is 8.46. The van der Waals surface area contributed by atoms with Gasteiger partial charge in [0.2, 0.25) is 0 Å². The van der Waals surface area contributed by atoms with Crippen LogP contribution in [0.15, 0.2) is 47.8 Å². The number of rotatable bonds is 6. The zero-order valence-electron chi connectivity index (χ0n) is 14.1. The summed E-state index contributed by atoms with van der Waals surface area (Å²) in [5, 5.41) is 0. The zero-order valence-corrected chi connectivity index (χ0v) is 14.1. The van der Waals surface area contributed by atoms with Gasteiger partial charge in [-0.1, -0.05) is 30.3 Å². The number of nitrogens with zero attached hydrogens (tertiary/aromatic N) is 3. The molecule has 8 heteroatoms. The molecule has 0 amide bonds. The summed E-state index contributed by atoms with van der Waals surface area (Å²) in [4.78, 5) is 22.5. The van der Waals surface area contributed by atoms with E-state index in [1.165, 1.54) is 12.7 Å². The molecule has 3 aromatic rings. The van der Waals surface area contributed by atoms with Crippen LogP contribution in [-0.2, 0) is 16.1 Å². The van der Waals surface area contributed by atoms with Gasteiger partial charge in [0.1, 0.15) is 18.5 Å². The van der Waals surface area contributed by atoms with Gasteiger partial charge in [-0.25, -0.2) is 14.4 Å². The van der Waals surface area contributed by atoms with Crippen LogP contribution in [0.5, 0.6) is 0 Å². The highest BCUT2D eigenvalue weighted by molar-refractivity contribution is 5.68. The summed E-state index contributed by atoms with van der Waals surface area (Å²) in [5.74, 6) is 0. The predicted molar refractivity (Wildman–Crippen MR) is 92.3 cm³/mol. The van der Waals surface area contributed by atoms with E-state index < -0.39 is 18.5 Å². The van der Waals surface area contributed by atoms with Gasteiger partial charge in [0, 0.05) is 0 Å². The number of hydrogen-bond donors (Lipinski definition) is 1. The fraction of sp³-hybridized carbons (Fsp3) is 0.389. The van der Waals surface area contributed by atoms with Crippen molar-refractivity contribution in [3.63, 3.8) is 0 Å². The number of aromatic amines is 1. The molecular weight excluding hydrogens is 339 g/mol.